The van der Waals surface area contributed by atoms with Crippen LogP contribution in [0.2, 0.25) is 0 Å². The Labute approximate surface area is 113 Å². The third-order valence-corrected chi connectivity index (χ3v) is 2.93. The molecular weight excluding hydrogens is 242 g/mol. The number of benzene rings is 1. The van der Waals surface area contributed by atoms with Gasteiger partial charge in [0.25, 0.3) is 5.89 Å². The van der Waals surface area contributed by atoms with E-state index in [9.17, 15) is 0 Å². The molecule has 5 nitrogen and oxygen atoms in total. The number of para-hydroxylation sites is 1. The maximum atomic E-state index is 5.75. The van der Waals surface area contributed by atoms with E-state index in [4.69, 9.17) is 9.15 Å². The van der Waals surface area contributed by atoms with Gasteiger partial charge in [0, 0.05) is 0 Å². The molecule has 102 valence electrons. The molecule has 2 aromatic rings. The van der Waals surface area contributed by atoms with E-state index in [1.807, 2.05) is 24.3 Å². The first-order valence-electron chi connectivity index (χ1n) is 6.50. The highest BCUT2D eigenvalue weighted by atomic mass is 16.5. The number of nitrogens with one attached hydrogen (secondary N) is 1. The highest BCUT2D eigenvalue weighted by Gasteiger charge is 2.18. The number of nitrogens with zero attached hydrogens (tertiary/aromatic N) is 2. The Morgan fingerprint density at radius 3 is 2.74 bits per heavy atom. The van der Waals surface area contributed by atoms with Crippen LogP contribution in [0.1, 0.15) is 32.2 Å². The van der Waals surface area contributed by atoms with Crippen molar-refractivity contribution in [3.63, 3.8) is 0 Å². The van der Waals surface area contributed by atoms with Gasteiger partial charge in [-0.25, -0.2) is 0 Å². The Morgan fingerprint density at radius 1 is 1.26 bits per heavy atom. The van der Waals surface area contributed by atoms with Crippen LogP contribution in [0.25, 0.3) is 11.5 Å². The van der Waals surface area contributed by atoms with Gasteiger partial charge in [0.05, 0.1) is 18.7 Å². The summed E-state index contributed by atoms with van der Waals surface area (Å²) in [7, 11) is 1.63. The van der Waals surface area contributed by atoms with E-state index in [1.165, 1.54) is 0 Å². The van der Waals surface area contributed by atoms with Gasteiger partial charge in [0.15, 0.2) is 0 Å². The van der Waals surface area contributed by atoms with Crippen LogP contribution < -0.4 is 10.1 Å². The minimum Gasteiger partial charge on any atom is -0.496 e. The van der Waals surface area contributed by atoms with Gasteiger partial charge in [0.2, 0.25) is 5.89 Å². The molecule has 1 atom stereocenters. The Balaban J connectivity index is 2.30. The average molecular weight is 261 g/mol. The lowest BCUT2D eigenvalue weighted by molar-refractivity contribution is 0.396. The summed E-state index contributed by atoms with van der Waals surface area (Å²) in [5, 5.41) is 11.5. The van der Waals surface area contributed by atoms with Gasteiger partial charge in [-0.1, -0.05) is 26.0 Å². The minimum atomic E-state index is 0.0981. The minimum absolute atomic E-state index is 0.0981. The molecule has 0 radical (unpaired) electrons. The molecule has 0 amide bonds. The second-order valence-electron chi connectivity index (χ2n) is 4.16. The number of methoxy groups -OCH3 is 1. The van der Waals surface area contributed by atoms with E-state index < -0.39 is 0 Å². The van der Waals surface area contributed by atoms with Crippen LogP contribution in [0.15, 0.2) is 28.7 Å². The summed E-state index contributed by atoms with van der Waals surface area (Å²) in [5.41, 5.74) is 0.815. The molecule has 0 bridgehead atoms. The molecule has 1 aromatic carbocycles. The molecule has 19 heavy (non-hydrogen) atoms. The van der Waals surface area contributed by atoms with Crippen LogP contribution in [-0.2, 0) is 0 Å². The van der Waals surface area contributed by atoms with E-state index in [1.54, 1.807) is 7.11 Å². The van der Waals surface area contributed by atoms with E-state index >= 15 is 0 Å². The van der Waals surface area contributed by atoms with E-state index in [0.717, 1.165) is 24.3 Å². The molecular formula is C14H19N3O2. The van der Waals surface area contributed by atoms with E-state index in [-0.39, 0.29) is 6.04 Å². The zero-order valence-corrected chi connectivity index (χ0v) is 11.5. The first-order valence-corrected chi connectivity index (χ1v) is 6.50. The summed E-state index contributed by atoms with van der Waals surface area (Å²) in [6.45, 7) is 5.01. The van der Waals surface area contributed by atoms with Crippen molar-refractivity contribution in [2.24, 2.45) is 0 Å². The van der Waals surface area contributed by atoms with Crippen LogP contribution in [0, 0.1) is 0 Å². The molecule has 0 aliphatic rings. The summed E-state index contributed by atoms with van der Waals surface area (Å²) in [6, 6.07) is 7.71. The molecule has 5 heteroatoms. The standard InChI is InChI=1S/C14H19N3O2/c1-4-11(15-5-2)14-17-16-13(19-14)10-8-6-7-9-12(10)18-3/h6-9,11,15H,4-5H2,1-3H3. The average Bonchev–Trinajstić information content (AvgIpc) is 2.94. The highest BCUT2D eigenvalue weighted by Crippen LogP contribution is 2.29. The third-order valence-electron chi connectivity index (χ3n) is 2.93. The second kappa shape index (κ2) is 6.33. The molecule has 0 spiro atoms. The van der Waals surface area contributed by atoms with Gasteiger partial charge in [-0.2, -0.15) is 0 Å². The number of ether oxygens (including phenoxy) is 1. The topological polar surface area (TPSA) is 60.2 Å². The number of rotatable bonds is 6. The van der Waals surface area contributed by atoms with Crippen LogP contribution in [0.4, 0.5) is 0 Å². The monoisotopic (exact) mass is 261 g/mol. The van der Waals surface area contributed by atoms with Crippen LogP contribution in [0.5, 0.6) is 5.75 Å². The molecule has 2 rings (SSSR count). The number of hydrogen-bond acceptors (Lipinski definition) is 5. The van der Waals surface area contributed by atoms with Crippen molar-refractivity contribution in [2.75, 3.05) is 13.7 Å². The van der Waals surface area contributed by atoms with Crippen molar-refractivity contribution in [1.82, 2.24) is 15.5 Å². The Morgan fingerprint density at radius 2 is 2.05 bits per heavy atom. The van der Waals surface area contributed by atoms with Crippen molar-refractivity contribution in [1.29, 1.82) is 0 Å². The number of aromatic nitrogens is 2. The Hall–Kier alpha value is -1.88. The first kappa shape index (κ1) is 13.5. The van der Waals surface area contributed by atoms with Gasteiger partial charge < -0.3 is 14.5 Å². The lowest BCUT2D eigenvalue weighted by Crippen LogP contribution is -2.20. The largest absolute Gasteiger partial charge is 0.496 e. The Bertz CT molecular complexity index is 525. The second-order valence-corrected chi connectivity index (χ2v) is 4.16. The lowest BCUT2D eigenvalue weighted by atomic mass is 10.2. The fraction of sp³-hybridized carbons (Fsp3) is 0.429. The molecule has 0 saturated carbocycles. The first-order chi connectivity index (χ1) is 9.30. The highest BCUT2D eigenvalue weighted by molar-refractivity contribution is 5.62. The zero-order chi connectivity index (χ0) is 13.7. The molecule has 0 aliphatic carbocycles. The zero-order valence-electron chi connectivity index (χ0n) is 11.5. The molecule has 1 aromatic heterocycles. The van der Waals surface area contributed by atoms with Crippen molar-refractivity contribution >= 4 is 0 Å². The van der Waals surface area contributed by atoms with Crippen molar-refractivity contribution in [3.05, 3.63) is 30.2 Å². The Kier molecular flexibility index (Phi) is 4.52. The van der Waals surface area contributed by atoms with Gasteiger partial charge in [0.1, 0.15) is 5.75 Å². The van der Waals surface area contributed by atoms with Crippen LogP contribution in [0.3, 0.4) is 0 Å². The van der Waals surface area contributed by atoms with Gasteiger partial charge in [-0.15, -0.1) is 10.2 Å². The van der Waals surface area contributed by atoms with Crippen molar-refractivity contribution in [2.45, 2.75) is 26.3 Å². The van der Waals surface area contributed by atoms with Crippen molar-refractivity contribution < 1.29 is 9.15 Å². The normalized spacial score (nSPS) is 12.4. The van der Waals surface area contributed by atoms with E-state index in [0.29, 0.717) is 11.8 Å². The van der Waals surface area contributed by atoms with Gasteiger partial charge >= 0.3 is 0 Å². The summed E-state index contributed by atoms with van der Waals surface area (Å²) in [4.78, 5) is 0. The molecule has 0 fully saturated rings. The van der Waals surface area contributed by atoms with Gasteiger partial charge in [-0.3, -0.25) is 0 Å². The number of hydrogen-bond donors (Lipinski definition) is 1. The molecule has 1 N–H and O–H groups in total. The fourth-order valence-corrected chi connectivity index (χ4v) is 1.96. The third kappa shape index (κ3) is 2.93. The fourth-order valence-electron chi connectivity index (χ4n) is 1.96. The SMILES string of the molecule is CCNC(CC)c1nnc(-c2ccccc2OC)o1. The predicted octanol–water partition coefficient (Wildman–Crippen LogP) is 2.81. The van der Waals surface area contributed by atoms with Gasteiger partial charge in [-0.05, 0) is 25.1 Å². The van der Waals surface area contributed by atoms with E-state index in [2.05, 4.69) is 29.4 Å². The quantitative estimate of drug-likeness (QED) is 0.866. The maximum absolute atomic E-state index is 5.75. The molecule has 1 heterocycles. The summed E-state index contributed by atoms with van der Waals surface area (Å²) < 4.78 is 11.1. The molecule has 0 aliphatic heterocycles. The van der Waals surface area contributed by atoms with Crippen molar-refractivity contribution in [3.8, 4) is 17.2 Å². The van der Waals surface area contributed by atoms with Crippen LogP contribution in [-0.4, -0.2) is 23.9 Å². The smallest absolute Gasteiger partial charge is 0.251 e. The summed E-state index contributed by atoms with van der Waals surface area (Å²) in [5.74, 6) is 1.84. The molecule has 0 saturated heterocycles. The predicted molar refractivity (Wildman–Crippen MR) is 73.0 cm³/mol. The maximum Gasteiger partial charge on any atom is 0.251 e. The summed E-state index contributed by atoms with van der Waals surface area (Å²) >= 11 is 0. The molecule has 1 unspecified atom stereocenters. The lowest BCUT2D eigenvalue weighted by Gasteiger charge is -2.10. The van der Waals surface area contributed by atoms with Crippen LogP contribution >= 0.6 is 0 Å². The summed E-state index contributed by atoms with van der Waals surface area (Å²) in [6.07, 6.45) is 0.904.